The molecule has 0 atom stereocenters. The molecule has 1 aromatic heterocycles. The van der Waals surface area contributed by atoms with Gasteiger partial charge in [0.15, 0.2) is 5.75 Å². The fourth-order valence-electron chi connectivity index (χ4n) is 0.951. The molecule has 16 heavy (non-hydrogen) atoms. The first-order chi connectivity index (χ1) is 7.63. The smallest absolute Gasteiger partial charge is 0.409 e. The zero-order chi connectivity index (χ0) is 12.0. The Morgan fingerprint density at radius 2 is 2.25 bits per heavy atom. The Balaban J connectivity index is 2.63. The zero-order valence-electron chi connectivity index (χ0n) is 8.34. The number of hydrogen-bond donors (Lipinski definition) is 3. The van der Waals surface area contributed by atoms with E-state index >= 15 is 0 Å². The van der Waals surface area contributed by atoms with Crippen LogP contribution in [-0.2, 0) is 0 Å². The highest BCUT2D eigenvalue weighted by molar-refractivity contribution is 5.92. The second kappa shape index (κ2) is 5.66. The van der Waals surface area contributed by atoms with Crippen LogP contribution in [0.2, 0.25) is 0 Å². The molecular formula is C9H11N3O4. The van der Waals surface area contributed by atoms with Gasteiger partial charge in [0.25, 0.3) is 5.91 Å². The summed E-state index contributed by atoms with van der Waals surface area (Å²) in [4.78, 5) is 25.5. The van der Waals surface area contributed by atoms with Crippen molar-refractivity contribution in [3.63, 3.8) is 0 Å². The van der Waals surface area contributed by atoms with Crippen LogP contribution in [0.25, 0.3) is 0 Å². The number of ether oxygens (including phenoxy) is 1. The van der Waals surface area contributed by atoms with Crippen molar-refractivity contribution in [2.24, 2.45) is 5.73 Å². The lowest BCUT2D eigenvalue weighted by Gasteiger charge is -2.03. The maximum absolute atomic E-state index is 11.3. The molecule has 0 saturated carbocycles. The summed E-state index contributed by atoms with van der Waals surface area (Å²) in [5, 5.41) is 10.9. The van der Waals surface area contributed by atoms with E-state index in [0.29, 0.717) is 0 Å². The third-order valence-corrected chi connectivity index (χ3v) is 1.58. The summed E-state index contributed by atoms with van der Waals surface area (Å²) < 4.78 is 4.53. The summed E-state index contributed by atoms with van der Waals surface area (Å²) in [6.45, 7) is 0.00859. The van der Waals surface area contributed by atoms with Crippen LogP contribution in [0.5, 0.6) is 5.75 Å². The van der Waals surface area contributed by atoms with E-state index in [2.05, 4.69) is 15.0 Å². The molecule has 0 unspecified atom stereocenters. The molecule has 2 amide bonds. The Labute approximate surface area is 91.2 Å². The van der Waals surface area contributed by atoms with Gasteiger partial charge in [-0.25, -0.2) is 9.78 Å². The topological polar surface area (TPSA) is 115 Å². The quantitative estimate of drug-likeness (QED) is 0.624. The van der Waals surface area contributed by atoms with Gasteiger partial charge < -0.3 is 20.9 Å². The molecule has 0 spiro atoms. The van der Waals surface area contributed by atoms with Crippen molar-refractivity contribution in [3.05, 3.63) is 24.0 Å². The number of amides is 2. The average molecular weight is 225 g/mol. The number of pyridine rings is 1. The summed E-state index contributed by atoms with van der Waals surface area (Å²) in [5.74, 6) is -0.258. The van der Waals surface area contributed by atoms with Crippen LogP contribution >= 0.6 is 0 Å². The van der Waals surface area contributed by atoms with Crippen molar-refractivity contribution in [2.75, 3.05) is 13.2 Å². The lowest BCUT2D eigenvalue weighted by molar-refractivity contribution is 0.0940. The first-order valence-corrected chi connectivity index (χ1v) is 4.46. The number of nitrogens with one attached hydrogen (secondary N) is 1. The highest BCUT2D eigenvalue weighted by Gasteiger charge is 2.06. The normalized spacial score (nSPS) is 9.56. The molecule has 0 saturated heterocycles. The molecule has 7 heteroatoms. The number of aliphatic hydroxyl groups excluding tert-OH is 1. The maximum atomic E-state index is 11.3. The molecular weight excluding hydrogens is 214 g/mol. The molecule has 1 rings (SSSR count). The molecule has 0 fully saturated rings. The maximum Gasteiger partial charge on any atom is 0.410 e. The molecule has 1 heterocycles. The van der Waals surface area contributed by atoms with Gasteiger partial charge in [-0.1, -0.05) is 0 Å². The monoisotopic (exact) mass is 225 g/mol. The summed E-state index contributed by atoms with van der Waals surface area (Å²) in [7, 11) is 0. The Bertz CT molecular complexity index is 377. The van der Waals surface area contributed by atoms with E-state index in [1.54, 1.807) is 0 Å². The van der Waals surface area contributed by atoms with Gasteiger partial charge in [-0.15, -0.1) is 0 Å². The Hall–Kier alpha value is -2.15. The molecule has 86 valence electrons. The number of carbonyl (C=O) groups is 2. The van der Waals surface area contributed by atoms with Crippen LogP contribution in [-0.4, -0.2) is 35.2 Å². The molecule has 0 aliphatic heterocycles. The minimum atomic E-state index is -0.945. The van der Waals surface area contributed by atoms with Gasteiger partial charge >= 0.3 is 6.09 Å². The summed E-state index contributed by atoms with van der Waals surface area (Å²) in [5.41, 5.74) is 4.95. The van der Waals surface area contributed by atoms with Gasteiger partial charge in [0.05, 0.1) is 12.8 Å². The first-order valence-electron chi connectivity index (χ1n) is 4.46. The number of aromatic nitrogens is 1. The minimum Gasteiger partial charge on any atom is -0.409 e. The third kappa shape index (κ3) is 3.54. The number of carbonyl (C=O) groups excluding carboxylic acids is 2. The second-order valence-corrected chi connectivity index (χ2v) is 2.78. The Morgan fingerprint density at radius 3 is 2.75 bits per heavy atom. The van der Waals surface area contributed by atoms with E-state index in [4.69, 9.17) is 10.8 Å². The zero-order valence-corrected chi connectivity index (χ0v) is 8.34. The largest absolute Gasteiger partial charge is 0.410 e. The van der Waals surface area contributed by atoms with Crippen LogP contribution in [0, 0.1) is 0 Å². The Kier molecular flexibility index (Phi) is 4.22. The SMILES string of the molecule is NC(=O)Oc1ccc(C(=O)NCCO)nc1. The molecule has 7 nitrogen and oxygen atoms in total. The van der Waals surface area contributed by atoms with Crippen molar-refractivity contribution < 1.29 is 19.4 Å². The van der Waals surface area contributed by atoms with E-state index in [1.807, 2.05) is 0 Å². The third-order valence-electron chi connectivity index (χ3n) is 1.58. The standard InChI is InChI=1S/C9H11N3O4/c10-9(15)16-6-1-2-7(12-5-6)8(14)11-3-4-13/h1-2,5,13H,3-4H2,(H2,10,15)(H,11,14). The number of rotatable bonds is 4. The van der Waals surface area contributed by atoms with Crippen LogP contribution in [0.4, 0.5) is 4.79 Å². The molecule has 0 radical (unpaired) electrons. The summed E-state index contributed by atoms with van der Waals surface area (Å²) in [6, 6.07) is 2.77. The molecule has 0 bridgehead atoms. The fraction of sp³-hybridized carbons (Fsp3) is 0.222. The van der Waals surface area contributed by atoms with Gasteiger partial charge in [-0.3, -0.25) is 4.79 Å². The Morgan fingerprint density at radius 1 is 1.50 bits per heavy atom. The number of nitrogens with zero attached hydrogens (tertiary/aromatic N) is 1. The van der Waals surface area contributed by atoms with E-state index in [0.717, 1.165) is 0 Å². The summed E-state index contributed by atoms with van der Waals surface area (Å²) >= 11 is 0. The molecule has 4 N–H and O–H groups in total. The lowest BCUT2D eigenvalue weighted by atomic mass is 10.3. The highest BCUT2D eigenvalue weighted by Crippen LogP contribution is 2.08. The fourth-order valence-corrected chi connectivity index (χ4v) is 0.951. The van der Waals surface area contributed by atoms with Gasteiger partial charge in [0.1, 0.15) is 5.69 Å². The second-order valence-electron chi connectivity index (χ2n) is 2.78. The van der Waals surface area contributed by atoms with E-state index in [9.17, 15) is 9.59 Å². The van der Waals surface area contributed by atoms with Crippen LogP contribution in [0.15, 0.2) is 18.3 Å². The van der Waals surface area contributed by atoms with Crippen LogP contribution < -0.4 is 15.8 Å². The van der Waals surface area contributed by atoms with Gasteiger partial charge in [0, 0.05) is 6.54 Å². The van der Waals surface area contributed by atoms with Gasteiger partial charge in [0.2, 0.25) is 0 Å². The van der Waals surface area contributed by atoms with Crippen molar-refractivity contribution in [1.29, 1.82) is 0 Å². The minimum absolute atomic E-state index is 0.144. The lowest BCUT2D eigenvalue weighted by Crippen LogP contribution is -2.27. The van der Waals surface area contributed by atoms with Crippen molar-refractivity contribution in [3.8, 4) is 5.75 Å². The first kappa shape index (κ1) is 11.9. The van der Waals surface area contributed by atoms with E-state index in [1.165, 1.54) is 18.3 Å². The van der Waals surface area contributed by atoms with Crippen LogP contribution in [0.3, 0.4) is 0 Å². The number of aliphatic hydroxyl groups is 1. The van der Waals surface area contributed by atoms with E-state index < -0.39 is 12.0 Å². The number of hydrogen-bond acceptors (Lipinski definition) is 5. The summed E-state index contributed by atoms with van der Waals surface area (Å²) in [6.07, 6.45) is 0.262. The van der Waals surface area contributed by atoms with Gasteiger partial charge in [-0.05, 0) is 12.1 Å². The molecule has 0 aliphatic rings. The van der Waals surface area contributed by atoms with Gasteiger partial charge in [-0.2, -0.15) is 0 Å². The molecule has 0 aliphatic carbocycles. The van der Waals surface area contributed by atoms with Crippen molar-refractivity contribution in [1.82, 2.24) is 10.3 Å². The highest BCUT2D eigenvalue weighted by atomic mass is 16.5. The number of primary amides is 1. The van der Waals surface area contributed by atoms with Crippen molar-refractivity contribution >= 4 is 12.0 Å². The number of nitrogens with two attached hydrogens (primary N) is 1. The molecule has 1 aromatic rings. The van der Waals surface area contributed by atoms with Crippen molar-refractivity contribution in [2.45, 2.75) is 0 Å². The van der Waals surface area contributed by atoms with Crippen LogP contribution in [0.1, 0.15) is 10.5 Å². The average Bonchev–Trinajstić information content (AvgIpc) is 2.26. The predicted octanol–water partition coefficient (Wildman–Crippen LogP) is -0.739. The predicted molar refractivity (Wildman–Crippen MR) is 53.9 cm³/mol. The van der Waals surface area contributed by atoms with E-state index in [-0.39, 0.29) is 24.6 Å². The molecule has 0 aromatic carbocycles.